The maximum atomic E-state index is 13.5. The summed E-state index contributed by atoms with van der Waals surface area (Å²) < 4.78 is 18.0. The monoisotopic (exact) mass is 270 g/mol. The van der Waals surface area contributed by atoms with Crippen molar-refractivity contribution in [1.82, 2.24) is 5.32 Å². The first-order valence-electron chi connectivity index (χ1n) is 5.33. The Labute approximate surface area is 107 Å². The van der Waals surface area contributed by atoms with Gasteiger partial charge in [-0.25, -0.2) is 4.39 Å². The van der Waals surface area contributed by atoms with Crippen LogP contribution in [0.1, 0.15) is 17.3 Å². The second-order valence-corrected chi connectivity index (χ2v) is 3.41. The van der Waals surface area contributed by atoms with Crippen molar-refractivity contribution in [2.45, 2.75) is 6.92 Å². The summed E-state index contributed by atoms with van der Waals surface area (Å²) in [5.74, 6) is -2.53. The molecule has 0 radical (unpaired) electrons. The Bertz CT molecular complexity index is 518. The molecule has 7 nitrogen and oxygen atoms in total. The first kappa shape index (κ1) is 14.6. The Kier molecular flexibility index (Phi) is 4.92. The topological polar surface area (TPSA) is 98.5 Å². The van der Waals surface area contributed by atoms with E-state index in [2.05, 4.69) is 10.1 Å². The molecule has 8 heteroatoms. The van der Waals surface area contributed by atoms with Crippen molar-refractivity contribution in [1.29, 1.82) is 0 Å². The highest BCUT2D eigenvalue weighted by molar-refractivity contribution is 5.96. The lowest BCUT2D eigenvalue weighted by Crippen LogP contribution is -2.31. The van der Waals surface area contributed by atoms with Gasteiger partial charge >= 0.3 is 5.97 Å². The number of rotatable bonds is 5. The van der Waals surface area contributed by atoms with Crippen LogP contribution in [-0.2, 0) is 9.53 Å². The van der Waals surface area contributed by atoms with Crippen LogP contribution in [0, 0.1) is 15.9 Å². The number of amides is 1. The van der Waals surface area contributed by atoms with Gasteiger partial charge in [0.05, 0.1) is 23.2 Å². The van der Waals surface area contributed by atoms with Crippen LogP contribution in [0.3, 0.4) is 0 Å². The molecule has 0 saturated heterocycles. The van der Waals surface area contributed by atoms with E-state index in [4.69, 9.17) is 0 Å². The van der Waals surface area contributed by atoms with E-state index in [1.807, 2.05) is 0 Å². The van der Waals surface area contributed by atoms with E-state index < -0.39 is 34.8 Å². The minimum Gasteiger partial charge on any atom is -0.465 e. The van der Waals surface area contributed by atoms with Gasteiger partial charge in [0, 0.05) is 6.07 Å². The van der Waals surface area contributed by atoms with Crippen molar-refractivity contribution in [3.63, 3.8) is 0 Å². The van der Waals surface area contributed by atoms with Gasteiger partial charge in [0.25, 0.3) is 11.6 Å². The number of hydrogen-bond donors (Lipinski definition) is 1. The van der Waals surface area contributed by atoms with Crippen molar-refractivity contribution in [3.8, 4) is 0 Å². The SMILES string of the molecule is CCOC(=O)CNC(=O)c1ccc([N+](=O)[O-])cc1F. The second kappa shape index (κ2) is 6.43. The molecule has 1 N–H and O–H groups in total. The molecule has 1 aromatic carbocycles. The number of nitrogens with one attached hydrogen (secondary N) is 1. The van der Waals surface area contributed by atoms with E-state index in [1.54, 1.807) is 6.92 Å². The highest BCUT2D eigenvalue weighted by Crippen LogP contribution is 2.16. The maximum Gasteiger partial charge on any atom is 0.325 e. The van der Waals surface area contributed by atoms with Gasteiger partial charge in [-0.1, -0.05) is 0 Å². The molecule has 0 unspecified atom stereocenters. The molecule has 0 aliphatic heterocycles. The number of esters is 1. The van der Waals surface area contributed by atoms with Gasteiger partial charge < -0.3 is 10.1 Å². The summed E-state index contributed by atoms with van der Waals surface area (Å²) in [5.41, 5.74) is -0.839. The standard InChI is InChI=1S/C11H11FN2O5/c1-2-19-10(15)6-13-11(16)8-4-3-7(14(17)18)5-9(8)12/h3-5H,2,6H2,1H3,(H,13,16). The van der Waals surface area contributed by atoms with E-state index >= 15 is 0 Å². The van der Waals surface area contributed by atoms with Crippen LogP contribution >= 0.6 is 0 Å². The van der Waals surface area contributed by atoms with E-state index in [0.29, 0.717) is 6.07 Å². The van der Waals surface area contributed by atoms with Crippen LogP contribution in [0.5, 0.6) is 0 Å². The van der Waals surface area contributed by atoms with E-state index in [0.717, 1.165) is 12.1 Å². The van der Waals surface area contributed by atoms with Gasteiger partial charge in [-0.3, -0.25) is 19.7 Å². The minimum atomic E-state index is -1.03. The number of halogens is 1. The molecule has 0 atom stereocenters. The lowest BCUT2D eigenvalue weighted by Gasteiger charge is -2.05. The highest BCUT2D eigenvalue weighted by atomic mass is 19.1. The highest BCUT2D eigenvalue weighted by Gasteiger charge is 2.16. The van der Waals surface area contributed by atoms with Gasteiger partial charge in [0.1, 0.15) is 12.4 Å². The first-order chi connectivity index (χ1) is 8.95. The zero-order chi connectivity index (χ0) is 14.4. The smallest absolute Gasteiger partial charge is 0.325 e. The fourth-order valence-corrected chi connectivity index (χ4v) is 1.26. The number of nitro benzene ring substituents is 1. The maximum absolute atomic E-state index is 13.5. The Balaban J connectivity index is 2.72. The number of carbonyl (C=O) groups is 2. The van der Waals surface area contributed by atoms with Crippen LogP contribution in [0.4, 0.5) is 10.1 Å². The van der Waals surface area contributed by atoms with Crippen LogP contribution in [0.2, 0.25) is 0 Å². The third-order valence-corrected chi connectivity index (χ3v) is 2.11. The van der Waals surface area contributed by atoms with Gasteiger partial charge in [-0.15, -0.1) is 0 Å². The predicted molar refractivity (Wildman–Crippen MR) is 62.0 cm³/mol. The van der Waals surface area contributed by atoms with E-state index in [1.165, 1.54) is 0 Å². The number of nitro groups is 1. The quantitative estimate of drug-likeness (QED) is 0.489. The van der Waals surface area contributed by atoms with Crippen molar-refractivity contribution in [2.75, 3.05) is 13.2 Å². The molecule has 0 heterocycles. The van der Waals surface area contributed by atoms with Crippen molar-refractivity contribution >= 4 is 17.6 Å². The Hall–Kier alpha value is -2.51. The molecule has 1 amide bonds. The van der Waals surface area contributed by atoms with Crippen molar-refractivity contribution in [2.24, 2.45) is 0 Å². The van der Waals surface area contributed by atoms with Crippen LogP contribution in [0.15, 0.2) is 18.2 Å². The number of ether oxygens (including phenoxy) is 1. The first-order valence-corrected chi connectivity index (χ1v) is 5.33. The van der Waals surface area contributed by atoms with Crippen molar-refractivity contribution < 1.29 is 23.6 Å². The fourth-order valence-electron chi connectivity index (χ4n) is 1.26. The molecule has 0 aliphatic rings. The van der Waals surface area contributed by atoms with Gasteiger partial charge in [0.2, 0.25) is 0 Å². The molecule has 0 aromatic heterocycles. The molecule has 19 heavy (non-hydrogen) atoms. The zero-order valence-electron chi connectivity index (χ0n) is 10.0. The second-order valence-electron chi connectivity index (χ2n) is 3.41. The molecular weight excluding hydrogens is 259 g/mol. The number of nitrogens with zero attached hydrogens (tertiary/aromatic N) is 1. The molecule has 0 saturated carbocycles. The third-order valence-electron chi connectivity index (χ3n) is 2.11. The summed E-state index contributed by atoms with van der Waals surface area (Å²) in [5, 5.41) is 12.5. The van der Waals surface area contributed by atoms with Gasteiger partial charge in [-0.05, 0) is 13.0 Å². The molecule has 1 aromatic rings. The summed E-state index contributed by atoms with van der Waals surface area (Å²) >= 11 is 0. The summed E-state index contributed by atoms with van der Waals surface area (Å²) in [6, 6.07) is 2.62. The molecular formula is C11H11FN2O5. The van der Waals surface area contributed by atoms with E-state index in [9.17, 15) is 24.1 Å². The molecule has 0 fully saturated rings. The molecule has 0 bridgehead atoms. The summed E-state index contributed by atoms with van der Waals surface area (Å²) in [6.45, 7) is 1.37. The Morgan fingerprint density at radius 3 is 2.68 bits per heavy atom. The van der Waals surface area contributed by atoms with Gasteiger partial charge in [-0.2, -0.15) is 0 Å². The van der Waals surface area contributed by atoms with Crippen LogP contribution < -0.4 is 5.32 Å². The number of non-ortho nitro benzene ring substituents is 1. The summed E-state index contributed by atoms with van der Waals surface area (Å²) in [6.07, 6.45) is 0. The predicted octanol–water partition coefficient (Wildman–Crippen LogP) is 1.03. The third kappa shape index (κ3) is 4.02. The molecule has 0 aliphatic carbocycles. The number of carbonyl (C=O) groups excluding carboxylic acids is 2. The minimum absolute atomic E-state index is 0.167. The average molecular weight is 270 g/mol. The summed E-state index contributed by atoms with van der Waals surface area (Å²) in [7, 11) is 0. The fraction of sp³-hybridized carbons (Fsp3) is 0.273. The van der Waals surface area contributed by atoms with Crippen LogP contribution in [0.25, 0.3) is 0 Å². The molecule has 1 rings (SSSR count). The Morgan fingerprint density at radius 1 is 1.47 bits per heavy atom. The molecule has 0 spiro atoms. The van der Waals surface area contributed by atoms with E-state index in [-0.39, 0.29) is 12.2 Å². The lowest BCUT2D eigenvalue weighted by molar-refractivity contribution is -0.385. The molecule has 102 valence electrons. The largest absolute Gasteiger partial charge is 0.465 e. The zero-order valence-corrected chi connectivity index (χ0v) is 10.0. The van der Waals surface area contributed by atoms with Crippen LogP contribution in [-0.4, -0.2) is 30.0 Å². The number of benzene rings is 1. The van der Waals surface area contributed by atoms with Gasteiger partial charge in [0.15, 0.2) is 0 Å². The van der Waals surface area contributed by atoms with Crippen molar-refractivity contribution in [3.05, 3.63) is 39.7 Å². The summed E-state index contributed by atoms with van der Waals surface area (Å²) in [4.78, 5) is 32.1. The Morgan fingerprint density at radius 2 is 2.16 bits per heavy atom. The number of hydrogen-bond acceptors (Lipinski definition) is 5. The average Bonchev–Trinajstić information content (AvgIpc) is 2.36. The normalized spacial score (nSPS) is 9.79. The lowest BCUT2D eigenvalue weighted by atomic mass is 10.2.